The third-order valence-corrected chi connectivity index (χ3v) is 7.65. The molecule has 6 nitrogen and oxygen atoms in total. The number of rotatable bonds is 9. The molecule has 2 fully saturated rings. The fourth-order valence-electron chi connectivity index (χ4n) is 4.84. The molecule has 1 aliphatic carbocycles. The van der Waals surface area contributed by atoms with Gasteiger partial charge >= 0.3 is 6.18 Å². The molecule has 0 spiro atoms. The molecule has 2 aliphatic rings. The molecule has 0 atom stereocenters. The SMILES string of the molecule is FC(F)(F)c1cccc(CN2CCN(CCNCc3nc(C4(c5ccc(Cl)cc5Cl)CC4)no3)CC2)c1. The van der Waals surface area contributed by atoms with E-state index in [2.05, 4.69) is 25.3 Å². The molecule has 5 rings (SSSR count). The summed E-state index contributed by atoms with van der Waals surface area (Å²) in [6.45, 7) is 6.01. The molecule has 3 aromatic rings. The van der Waals surface area contributed by atoms with Crippen LogP contribution in [0.3, 0.4) is 0 Å². The third-order valence-electron chi connectivity index (χ3n) is 7.10. The van der Waals surface area contributed by atoms with Gasteiger partial charge in [-0.05, 0) is 42.2 Å². The smallest absolute Gasteiger partial charge is 0.338 e. The van der Waals surface area contributed by atoms with Crippen molar-refractivity contribution in [1.82, 2.24) is 25.3 Å². The Balaban J connectivity index is 1.04. The molecule has 0 amide bonds. The normalized spacial score (nSPS) is 18.3. The molecule has 0 radical (unpaired) electrons. The van der Waals surface area contributed by atoms with Gasteiger partial charge in [0.1, 0.15) is 0 Å². The summed E-state index contributed by atoms with van der Waals surface area (Å²) in [4.78, 5) is 9.16. The lowest BCUT2D eigenvalue weighted by Gasteiger charge is -2.34. The van der Waals surface area contributed by atoms with Gasteiger partial charge in [-0.2, -0.15) is 18.2 Å². The Bertz CT molecular complexity index is 1220. The van der Waals surface area contributed by atoms with Gasteiger partial charge in [-0.1, -0.05) is 52.6 Å². The van der Waals surface area contributed by atoms with Crippen molar-refractivity contribution in [1.29, 1.82) is 0 Å². The molecule has 2 aromatic carbocycles. The van der Waals surface area contributed by atoms with Crippen LogP contribution < -0.4 is 5.32 Å². The van der Waals surface area contributed by atoms with E-state index < -0.39 is 11.7 Å². The Labute approximate surface area is 223 Å². The van der Waals surface area contributed by atoms with Crippen LogP contribution in [-0.4, -0.2) is 59.2 Å². The zero-order valence-corrected chi connectivity index (χ0v) is 21.7. The Morgan fingerprint density at radius 2 is 1.76 bits per heavy atom. The molecule has 2 heterocycles. The summed E-state index contributed by atoms with van der Waals surface area (Å²) in [5.41, 5.74) is 0.780. The summed E-state index contributed by atoms with van der Waals surface area (Å²) < 4.78 is 44.4. The number of nitrogens with one attached hydrogen (secondary N) is 1. The van der Waals surface area contributed by atoms with Gasteiger partial charge in [0.2, 0.25) is 5.89 Å². The van der Waals surface area contributed by atoms with Crippen LogP contribution in [0.15, 0.2) is 47.0 Å². The molecular formula is C26H28Cl2F3N5O. The maximum Gasteiger partial charge on any atom is 0.416 e. The lowest BCUT2D eigenvalue weighted by Crippen LogP contribution is -2.47. The summed E-state index contributed by atoms with van der Waals surface area (Å²) in [6.07, 6.45) is -2.48. The van der Waals surface area contributed by atoms with Gasteiger partial charge in [-0.3, -0.25) is 9.80 Å². The first kappa shape index (κ1) is 26.4. The van der Waals surface area contributed by atoms with Crippen LogP contribution in [-0.2, 0) is 24.7 Å². The minimum atomic E-state index is -4.31. The van der Waals surface area contributed by atoms with Gasteiger partial charge < -0.3 is 9.84 Å². The van der Waals surface area contributed by atoms with Crippen molar-refractivity contribution in [3.05, 3.63) is 80.9 Å². The Morgan fingerprint density at radius 3 is 2.46 bits per heavy atom. The highest BCUT2D eigenvalue weighted by molar-refractivity contribution is 6.35. The maximum atomic E-state index is 13.0. The second kappa shape index (κ2) is 10.9. The standard InChI is InChI=1S/C26H28Cl2F3N5O/c27-20-4-5-21(22(28)15-20)25(6-7-25)24-33-23(37-34-24)16-32-8-9-35-10-12-36(13-11-35)17-18-2-1-3-19(14-18)26(29,30)31/h1-5,14-15,32H,6-13,16-17H2. The molecule has 0 unspecified atom stereocenters. The number of piperazine rings is 1. The molecule has 11 heteroatoms. The van der Waals surface area contributed by atoms with Gasteiger partial charge in [-0.25, -0.2) is 0 Å². The van der Waals surface area contributed by atoms with E-state index in [0.29, 0.717) is 40.4 Å². The molecule has 37 heavy (non-hydrogen) atoms. The van der Waals surface area contributed by atoms with Crippen LogP contribution >= 0.6 is 23.2 Å². The fourth-order valence-corrected chi connectivity index (χ4v) is 5.43. The van der Waals surface area contributed by atoms with Crippen molar-refractivity contribution in [2.75, 3.05) is 39.3 Å². The zero-order chi connectivity index (χ0) is 26.0. The van der Waals surface area contributed by atoms with Crippen molar-refractivity contribution in [2.24, 2.45) is 0 Å². The van der Waals surface area contributed by atoms with Crippen molar-refractivity contribution in [3.63, 3.8) is 0 Å². The van der Waals surface area contributed by atoms with Gasteiger partial charge in [0, 0.05) is 55.9 Å². The highest BCUT2D eigenvalue weighted by atomic mass is 35.5. The lowest BCUT2D eigenvalue weighted by molar-refractivity contribution is -0.137. The van der Waals surface area contributed by atoms with Gasteiger partial charge in [0.15, 0.2) is 5.82 Å². The quantitative estimate of drug-likeness (QED) is 0.359. The average molecular weight is 554 g/mol. The number of aromatic nitrogens is 2. The number of hydrogen-bond donors (Lipinski definition) is 1. The zero-order valence-electron chi connectivity index (χ0n) is 20.2. The van der Waals surface area contributed by atoms with E-state index >= 15 is 0 Å². The van der Waals surface area contributed by atoms with Gasteiger partial charge in [0.05, 0.1) is 17.5 Å². The van der Waals surface area contributed by atoms with E-state index in [4.69, 9.17) is 27.7 Å². The summed E-state index contributed by atoms with van der Waals surface area (Å²) in [5.74, 6) is 1.20. The highest BCUT2D eigenvalue weighted by Crippen LogP contribution is 2.54. The van der Waals surface area contributed by atoms with Crippen LogP contribution in [0.25, 0.3) is 0 Å². The number of alkyl halides is 3. The molecule has 0 bridgehead atoms. The Morgan fingerprint density at radius 1 is 1.00 bits per heavy atom. The molecule has 1 aliphatic heterocycles. The highest BCUT2D eigenvalue weighted by Gasteiger charge is 2.51. The van der Waals surface area contributed by atoms with Crippen LogP contribution in [0.1, 0.15) is 41.2 Å². The molecule has 1 aromatic heterocycles. The summed E-state index contributed by atoms with van der Waals surface area (Å²) in [5, 5.41) is 8.80. The Kier molecular flexibility index (Phi) is 7.79. The first-order valence-electron chi connectivity index (χ1n) is 12.3. The van der Waals surface area contributed by atoms with Crippen molar-refractivity contribution < 1.29 is 17.7 Å². The fraction of sp³-hybridized carbons (Fsp3) is 0.462. The number of benzene rings is 2. The average Bonchev–Trinajstić information content (AvgIpc) is 3.52. The first-order chi connectivity index (χ1) is 17.7. The number of halogens is 5. The second-order valence-corrected chi connectivity index (χ2v) is 10.6. The largest absolute Gasteiger partial charge is 0.416 e. The van der Waals surface area contributed by atoms with Crippen molar-refractivity contribution in [3.8, 4) is 0 Å². The summed E-state index contributed by atoms with van der Waals surface area (Å²) >= 11 is 12.5. The van der Waals surface area contributed by atoms with Crippen LogP contribution in [0.4, 0.5) is 13.2 Å². The summed E-state index contributed by atoms with van der Waals surface area (Å²) in [6, 6.07) is 11.1. The minimum absolute atomic E-state index is 0.294. The lowest BCUT2D eigenvalue weighted by atomic mass is 9.95. The van der Waals surface area contributed by atoms with Crippen LogP contribution in [0.5, 0.6) is 0 Å². The van der Waals surface area contributed by atoms with E-state index in [1.54, 1.807) is 12.1 Å². The number of hydrogen-bond acceptors (Lipinski definition) is 6. The molecule has 1 saturated carbocycles. The van der Waals surface area contributed by atoms with E-state index in [1.165, 1.54) is 12.1 Å². The van der Waals surface area contributed by atoms with Gasteiger partial charge in [-0.15, -0.1) is 0 Å². The van der Waals surface area contributed by atoms with E-state index in [1.807, 2.05) is 12.1 Å². The van der Waals surface area contributed by atoms with Crippen LogP contribution in [0, 0.1) is 0 Å². The van der Waals surface area contributed by atoms with E-state index in [9.17, 15) is 13.2 Å². The second-order valence-electron chi connectivity index (χ2n) is 9.71. The molecule has 1 N–H and O–H groups in total. The molecular weight excluding hydrogens is 526 g/mol. The topological polar surface area (TPSA) is 57.4 Å². The third kappa shape index (κ3) is 6.29. The van der Waals surface area contributed by atoms with Crippen LogP contribution in [0.2, 0.25) is 10.0 Å². The minimum Gasteiger partial charge on any atom is -0.338 e. The monoisotopic (exact) mass is 553 g/mol. The maximum absolute atomic E-state index is 13.0. The number of nitrogens with zero attached hydrogens (tertiary/aromatic N) is 4. The van der Waals surface area contributed by atoms with Crippen molar-refractivity contribution in [2.45, 2.75) is 37.5 Å². The molecule has 1 saturated heterocycles. The summed E-state index contributed by atoms with van der Waals surface area (Å²) in [7, 11) is 0. The predicted octanol–water partition coefficient (Wildman–Crippen LogP) is 5.38. The van der Waals surface area contributed by atoms with E-state index in [0.717, 1.165) is 63.7 Å². The first-order valence-corrected chi connectivity index (χ1v) is 13.1. The van der Waals surface area contributed by atoms with Crippen molar-refractivity contribution >= 4 is 23.2 Å². The molecule has 198 valence electrons. The van der Waals surface area contributed by atoms with E-state index in [-0.39, 0.29) is 5.41 Å². The predicted molar refractivity (Wildman–Crippen MR) is 136 cm³/mol. The van der Waals surface area contributed by atoms with Gasteiger partial charge in [0.25, 0.3) is 0 Å². The Hall–Kier alpha value is -2.17.